The minimum absolute atomic E-state index is 0. The Hall–Kier alpha value is -4.81. The van der Waals surface area contributed by atoms with Crippen LogP contribution in [0.5, 0.6) is 0 Å². The van der Waals surface area contributed by atoms with E-state index in [2.05, 4.69) is 29.9 Å². The first-order valence-corrected chi connectivity index (χ1v) is 13.2. The molecule has 0 spiro atoms. The molecule has 6 heterocycles. The Balaban J connectivity index is 0.000000175. The van der Waals surface area contributed by atoms with Crippen molar-refractivity contribution in [3.63, 3.8) is 0 Å². The van der Waals surface area contributed by atoms with Gasteiger partial charge in [-0.2, -0.15) is 0 Å². The van der Waals surface area contributed by atoms with Crippen LogP contribution in [0, 0.1) is 6.92 Å². The number of nitrogens with zero attached hydrogens (tertiary/aromatic N) is 6. The fraction of sp³-hybridized carbons (Fsp3) is 0.0882. The molecule has 0 radical (unpaired) electrons. The molecule has 0 unspecified atom stereocenters. The van der Waals surface area contributed by atoms with Crippen molar-refractivity contribution in [2.45, 2.75) is 19.8 Å². The van der Waals surface area contributed by atoms with E-state index >= 15 is 0 Å². The molecule has 0 fully saturated rings. The molecule has 0 aliphatic heterocycles. The molecule has 0 aliphatic rings. The van der Waals surface area contributed by atoms with Gasteiger partial charge < -0.3 is 4.79 Å². The topological polar surface area (TPSA) is 94.4 Å². The zero-order valence-electron chi connectivity index (χ0n) is 23.1. The third-order valence-corrected chi connectivity index (χ3v) is 5.74. The van der Waals surface area contributed by atoms with Gasteiger partial charge in [0.15, 0.2) is 0 Å². The predicted octanol–water partition coefficient (Wildman–Crippen LogP) is 6.87. The molecule has 210 valence electrons. The van der Waals surface area contributed by atoms with Crippen LogP contribution in [-0.2, 0) is 30.7 Å². The summed E-state index contributed by atoms with van der Waals surface area (Å²) in [5, 5.41) is 0. The SMILES string of the molecule is Cc1ccnc(-c2cc(CCC=O)ccn2)c1.[Ru].c1ccc(-c2ccccn2)nc1.c1ccc(-c2ccccn2)nc1. The van der Waals surface area contributed by atoms with Gasteiger partial charge in [-0.3, -0.25) is 29.9 Å². The first-order valence-electron chi connectivity index (χ1n) is 13.2. The number of aromatic nitrogens is 6. The van der Waals surface area contributed by atoms with Crippen LogP contribution in [-0.4, -0.2) is 36.2 Å². The summed E-state index contributed by atoms with van der Waals surface area (Å²) in [6.07, 6.45) is 12.9. The van der Waals surface area contributed by atoms with E-state index in [1.165, 1.54) is 0 Å². The van der Waals surface area contributed by atoms with Crippen LogP contribution >= 0.6 is 0 Å². The first-order chi connectivity index (χ1) is 20.2. The number of hydrogen-bond acceptors (Lipinski definition) is 7. The second-order valence-electron chi connectivity index (χ2n) is 8.83. The van der Waals surface area contributed by atoms with Gasteiger partial charge in [-0.05, 0) is 97.3 Å². The number of aldehydes is 1. The quantitative estimate of drug-likeness (QED) is 0.145. The van der Waals surface area contributed by atoms with Gasteiger partial charge in [0.05, 0.1) is 34.2 Å². The largest absolute Gasteiger partial charge is 0.303 e. The number of carbonyl (C=O) groups is 1. The third kappa shape index (κ3) is 10.3. The second kappa shape index (κ2) is 17.8. The van der Waals surface area contributed by atoms with Gasteiger partial charge in [0.2, 0.25) is 0 Å². The maximum Gasteiger partial charge on any atom is 0.120 e. The number of carbonyl (C=O) groups excluding carboxylic acids is 1. The molecule has 42 heavy (non-hydrogen) atoms. The van der Waals surface area contributed by atoms with Crippen molar-refractivity contribution in [2.75, 3.05) is 0 Å². The Morgan fingerprint density at radius 3 is 1.29 bits per heavy atom. The molecule has 0 aliphatic carbocycles. The van der Waals surface area contributed by atoms with Crippen molar-refractivity contribution in [2.24, 2.45) is 0 Å². The van der Waals surface area contributed by atoms with Crippen molar-refractivity contribution in [1.82, 2.24) is 29.9 Å². The van der Waals surface area contributed by atoms with E-state index in [1.54, 1.807) is 37.2 Å². The normalized spacial score (nSPS) is 9.64. The summed E-state index contributed by atoms with van der Waals surface area (Å²) in [7, 11) is 0. The first kappa shape index (κ1) is 31.7. The van der Waals surface area contributed by atoms with E-state index in [9.17, 15) is 4.79 Å². The van der Waals surface area contributed by atoms with Crippen LogP contribution in [0.4, 0.5) is 0 Å². The van der Waals surface area contributed by atoms with E-state index in [0.29, 0.717) is 6.42 Å². The Kier molecular flexibility index (Phi) is 13.4. The van der Waals surface area contributed by atoms with Crippen molar-refractivity contribution in [1.29, 1.82) is 0 Å². The maximum atomic E-state index is 10.3. The molecule has 0 aromatic carbocycles. The van der Waals surface area contributed by atoms with Crippen LogP contribution in [0.25, 0.3) is 34.2 Å². The summed E-state index contributed by atoms with van der Waals surface area (Å²) < 4.78 is 0. The van der Waals surface area contributed by atoms with E-state index in [4.69, 9.17) is 0 Å². The second-order valence-corrected chi connectivity index (χ2v) is 8.83. The molecule has 0 N–H and O–H groups in total. The molecule has 6 aromatic rings. The van der Waals surface area contributed by atoms with Crippen molar-refractivity contribution in [3.8, 4) is 34.2 Å². The Bertz CT molecular complexity index is 1460. The molecule has 0 saturated heterocycles. The Morgan fingerprint density at radius 1 is 0.500 bits per heavy atom. The maximum absolute atomic E-state index is 10.3. The van der Waals surface area contributed by atoms with Gasteiger partial charge in [0.1, 0.15) is 6.29 Å². The standard InChI is InChI=1S/C14H14N2O.2C10H8N2.Ru/c1-11-4-6-15-13(9-11)14-10-12(3-2-8-17)5-7-16-14;2*1-3-7-11-9(5-1)10-6-2-4-8-12-10;/h4-10H,2-3H2,1H3;2*1-8H;. The minimum Gasteiger partial charge on any atom is -0.303 e. The van der Waals surface area contributed by atoms with Gasteiger partial charge in [-0.15, -0.1) is 0 Å². The van der Waals surface area contributed by atoms with Crippen molar-refractivity contribution < 1.29 is 24.3 Å². The zero-order valence-corrected chi connectivity index (χ0v) is 24.9. The number of rotatable bonds is 6. The van der Waals surface area contributed by atoms with Gasteiger partial charge in [-0.1, -0.05) is 24.3 Å². The number of aryl methyl sites for hydroxylation is 2. The summed E-state index contributed by atoms with van der Waals surface area (Å²) in [5.74, 6) is 0. The molecule has 0 saturated carbocycles. The summed E-state index contributed by atoms with van der Waals surface area (Å²) in [6.45, 7) is 2.03. The minimum atomic E-state index is 0. The van der Waals surface area contributed by atoms with E-state index in [-0.39, 0.29) is 19.5 Å². The van der Waals surface area contributed by atoms with Crippen LogP contribution < -0.4 is 0 Å². The summed E-state index contributed by atoms with van der Waals surface area (Å²) in [4.78, 5) is 35.7. The van der Waals surface area contributed by atoms with E-state index < -0.39 is 0 Å². The Morgan fingerprint density at radius 2 is 0.905 bits per heavy atom. The van der Waals surface area contributed by atoms with Crippen molar-refractivity contribution in [3.05, 3.63) is 145 Å². The number of hydrogen-bond donors (Lipinski definition) is 0. The van der Waals surface area contributed by atoms with Gasteiger partial charge >= 0.3 is 0 Å². The van der Waals surface area contributed by atoms with Gasteiger partial charge in [-0.25, -0.2) is 0 Å². The molecule has 6 rings (SSSR count). The molecular weight excluding hydrogens is 609 g/mol. The van der Waals surface area contributed by atoms with E-state index in [0.717, 1.165) is 58.0 Å². The van der Waals surface area contributed by atoms with Crippen LogP contribution in [0.15, 0.2) is 134 Å². The van der Waals surface area contributed by atoms with Crippen LogP contribution in [0.1, 0.15) is 17.5 Å². The third-order valence-electron chi connectivity index (χ3n) is 5.74. The summed E-state index contributed by atoms with van der Waals surface area (Å²) in [5.41, 5.74) is 7.67. The molecule has 7 nitrogen and oxygen atoms in total. The van der Waals surface area contributed by atoms with E-state index in [1.807, 2.05) is 104 Å². The molecule has 0 amide bonds. The monoisotopic (exact) mass is 640 g/mol. The molecule has 6 aromatic heterocycles. The average Bonchev–Trinajstić information content (AvgIpc) is 3.06. The fourth-order valence-electron chi connectivity index (χ4n) is 3.73. The van der Waals surface area contributed by atoms with Crippen LogP contribution in [0.2, 0.25) is 0 Å². The van der Waals surface area contributed by atoms with Crippen molar-refractivity contribution >= 4 is 6.29 Å². The average molecular weight is 640 g/mol. The fourth-order valence-corrected chi connectivity index (χ4v) is 3.73. The van der Waals surface area contributed by atoms with Gasteiger partial charge in [0, 0.05) is 63.1 Å². The molecule has 8 heteroatoms. The molecular formula is C34H30N6ORu. The smallest absolute Gasteiger partial charge is 0.120 e. The van der Waals surface area contributed by atoms with Gasteiger partial charge in [0.25, 0.3) is 0 Å². The molecule has 0 atom stereocenters. The summed E-state index contributed by atoms with van der Waals surface area (Å²) in [6, 6.07) is 31.1. The molecule has 0 bridgehead atoms. The summed E-state index contributed by atoms with van der Waals surface area (Å²) >= 11 is 0. The predicted molar refractivity (Wildman–Crippen MR) is 162 cm³/mol. The Labute approximate surface area is 259 Å². The van der Waals surface area contributed by atoms with Crippen LogP contribution in [0.3, 0.4) is 0 Å². The zero-order chi connectivity index (χ0) is 28.5. The number of pyridine rings is 6.